The zero-order chi connectivity index (χ0) is 13.1. The first-order valence-electron chi connectivity index (χ1n) is 6.05. The topological polar surface area (TPSA) is 12.9 Å². The normalized spacial score (nSPS) is 10.6. The Morgan fingerprint density at radius 1 is 1.00 bits per heavy atom. The minimum Gasteiger partial charge on any atom is -0.241 e. The number of rotatable bonds is 3. The van der Waals surface area contributed by atoms with Gasteiger partial charge >= 0.3 is 0 Å². The molecule has 1 aromatic heterocycles. The third kappa shape index (κ3) is 3.11. The molecule has 94 valence electrons. The Balaban J connectivity index is 1.84. The van der Waals surface area contributed by atoms with Gasteiger partial charge in [0.2, 0.25) is 0 Å². The molecule has 0 saturated heterocycles. The van der Waals surface area contributed by atoms with Crippen molar-refractivity contribution >= 4 is 27.3 Å². The molecule has 19 heavy (non-hydrogen) atoms. The minimum absolute atomic E-state index is 0.902. The summed E-state index contributed by atoms with van der Waals surface area (Å²) in [6.07, 6.45) is 0.902. The Morgan fingerprint density at radius 2 is 1.84 bits per heavy atom. The molecule has 0 saturated carbocycles. The van der Waals surface area contributed by atoms with E-state index in [1.807, 2.05) is 18.2 Å². The van der Waals surface area contributed by atoms with Crippen LogP contribution in [-0.4, -0.2) is 4.98 Å². The highest BCUT2D eigenvalue weighted by atomic mass is 79.9. The smallest absolute Gasteiger partial charge is 0.0976 e. The Bertz CT molecular complexity index is 676. The summed E-state index contributed by atoms with van der Waals surface area (Å²) in [4.78, 5) is 4.71. The van der Waals surface area contributed by atoms with E-state index in [1.165, 1.54) is 5.56 Å². The molecule has 1 nitrogen and oxygen atoms in total. The van der Waals surface area contributed by atoms with Crippen molar-refractivity contribution in [2.24, 2.45) is 0 Å². The van der Waals surface area contributed by atoms with E-state index in [0.717, 1.165) is 27.2 Å². The summed E-state index contributed by atoms with van der Waals surface area (Å²) in [6.45, 7) is 0. The fourth-order valence-electron chi connectivity index (χ4n) is 1.94. The van der Waals surface area contributed by atoms with Gasteiger partial charge in [0.1, 0.15) is 0 Å². The summed E-state index contributed by atoms with van der Waals surface area (Å²) >= 11 is 5.21. The van der Waals surface area contributed by atoms with Gasteiger partial charge in [0.15, 0.2) is 0 Å². The van der Waals surface area contributed by atoms with Crippen molar-refractivity contribution in [1.29, 1.82) is 0 Å². The van der Waals surface area contributed by atoms with Crippen molar-refractivity contribution in [1.82, 2.24) is 4.98 Å². The van der Waals surface area contributed by atoms with Gasteiger partial charge in [-0.25, -0.2) is 4.98 Å². The van der Waals surface area contributed by atoms with Gasteiger partial charge in [-0.15, -0.1) is 11.3 Å². The predicted molar refractivity (Wildman–Crippen MR) is 84.5 cm³/mol. The molecule has 0 unspecified atom stereocenters. The van der Waals surface area contributed by atoms with Crippen molar-refractivity contribution in [3.05, 3.63) is 75.0 Å². The van der Waals surface area contributed by atoms with Crippen LogP contribution in [0.5, 0.6) is 0 Å². The summed E-state index contributed by atoms with van der Waals surface area (Å²) in [5.41, 5.74) is 3.51. The van der Waals surface area contributed by atoms with E-state index in [1.54, 1.807) is 11.3 Å². The average molecular weight is 330 g/mol. The summed E-state index contributed by atoms with van der Waals surface area (Å²) in [5.74, 6) is 0. The SMILES string of the molecule is Brc1cccc(-c2csc(Cc3ccccc3)n2)c1. The molecule has 3 heteroatoms. The van der Waals surface area contributed by atoms with Crippen LogP contribution in [0.1, 0.15) is 10.6 Å². The van der Waals surface area contributed by atoms with E-state index in [-0.39, 0.29) is 0 Å². The van der Waals surface area contributed by atoms with Gasteiger partial charge in [-0.05, 0) is 17.7 Å². The summed E-state index contributed by atoms with van der Waals surface area (Å²) in [5, 5.41) is 3.28. The Hall–Kier alpha value is -1.45. The standard InChI is InChI=1S/C16H12BrNS/c17-14-8-4-7-13(10-14)15-11-19-16(18-15)9-12-5-2-1-3-6-12/h1-8,10-11H,9H2. The van der Waals surface area contributed by atoms with Crippen LogP contribution in [0.3, 0.4) is 0 Å². The number of thiazole rings is 1. The van der Waals surface area contributed by atoms with Crippen LogP contribution in [0.25, 0.3) is 11.3 Å². The minimum atomic E-state index is 0.902. The second kappa shape index (κ2) is 5.68. The molecule has 0 radical (unpaired) electrons. The number of hydrogen-bond acceptors (Lipinski definition) is 2. The highest BCUT2D eigenvalue weighted by molar-refractivity contribution is 9.10. The molecule has 0 bridgehead atoms. The fourth-order valence-corrected chi connectivity index (χ4v) is 3.18. The molecular formula is C16H12BrNS. The zero-order valence-corrected chi connectivity index (χ0v) is 12.6. The molecule has 1 heterocycles. The highest BCUT2D eigenvalue weighted by Crippen LogP contribution is 2.25. The molecule has 0 aliphatic rings. The van der Waals surface area contributed by atoms with Crippen LogP contribution in [0.4, 0.5) is 0 Å². The van der Waals surface area contributed by atoms with Crippen LogP contribution in [0, 0.1) is 0 Å². The first kappa shape index (κ1) is 12.6. The number of hydrogen-bond donors (Lipinski definition) is 0. The molecule has 2 aromatic carbocycles. The van der Waals surface area contributed by atoms with Crippen molar-refractivity contribution in [3.8, 4) is 11.3 Å². The van der Waals surface area contributed by atoms with Crippen molar-refractivity contribution < 1.29 is 0 Å². The van der Waals surface area contributed by atoms with Crippen LogP contribution in [-0.2, 0) is 6.42 Å². The number of aromatic nitrogens is 1. The first-order valence-corrected chi connectivity index (χ1v) is 7.73. The largest absolute Gasteiger partial charge is 0.241 e. The van der Waals surface area contributed by atoms with Gasteiger partial charge in [-0.2, -0.15) is 0 Å². The van der Waals surface area contributed by atoms with Gasteiger partial charge < -0.3 is 0 Å². The van der Waals surface area contributed by atoms with E-state index >= 15 is 0 Å². The summed E-state index contributed by atoms with van der Waals surface area (Å²) in [6, 6.07) is 18.7. The molecule has 0 atom stereocenters. The van der Waals surface area contributed by atoms with E-state index in [0.29, 0.717) is 0 Å². The lowest BCUT2D eigenvalue weighted by atomic mass is 10.1. The van der Waals surface area contributed by atoms with Gasteiger partial charge in [0, 0.05) is 21.8 Å². The second-order valence-corrected chi connectivity index (χ2v) is 6.16. The Labute approximate surface area is 125 Å². The molecule has 0 fully saturated rings. The lowest BCUT2D eigenvalue weighted by Gasteiger charge is -1.98. The second-order valence-electron chi connectivity index (χ2n) is 4.30. The Morgan fingerprint density at radius 3 is 2.63 bits per heavy atom. The fraction of sp³-hybridized carbons (Fsp3) is 0.0625. The first-order chi connectivity index (χ1) is 9.31. The maximum atomic E-state index is 4.71. The van der Waals surface area contributed by atoms with Crippen LogP contribution in [0.15, 0.2) is 64.5 Å². The Kier molecular flexibility index (Phi) is 3.76. The molecule has 3 aromatic rings. The quantitative estimate of drug-likeness (QED) is 0.646. The van der Waals surface area contributed by atoms with Crippen LogP contribution >= 0.6 is 27.3 Å². The molecule has 0 spiro atoms. The monoisotopic (exact) mass is 329 g/mol. The van der Waals surface area contributed by atoms with Crippen molar-refractivity contribution in [2.45, 2.75) is 6.42 Å². The predicted octanol–water partition coefficient (Wildman–Crippen LogP) is 5.16. The molecule has 3 rings (SSSR count). The number of benzene rings is 2. The molecule has 0 amide bonds. The third-order valence-corrected chi connectivity index (χ3v) is 4.21. The molecule has 0 aliphatic carbocycles. The number of halogens is 1. The van der Waals surface area contributed by atoms with Gasteiger partial charge in [0.05, 0.1) is 10.7 Å². The molecule has 0 aliphatic heterocycles. The lowest BCUT2D eigenvalue weighted by molar-refractivity contribution is 1.14. The van der Waals surface area contributed by atoms with Crippen molar-refractivity contribution in [3.63, 3.8) is 0 Å². The van der Waals surface area contributed by atoms with Gasteiger partial charge in [-0.1, -0.05) is 58.4 Å². The van der Waals surface area contributed by atoms with E-state index < -0.39 is 0 Å². The maximum absolute atomic E-state index is 4.71. The average Bonchev–Trinajstić information content (AvgIpc) is 2.88. The maximum Gasteiger partial charge on any atom is 0.0976 e. The summed E-state index contributed by atoms with van der Waals surface area (Å²) < 4.78 is 1.09. The van der Waals surface area contributed by atoms with Crippen LogP contribution < -0.4 is 0 Å². The zero-order valence-electron chi connectivity index (χ0n) is 10.2. The van der Waals surface area contributed by atoms with E-state index in [4.69, 9.17) is 4.98 Å². The lowest BCUT2D eigenvalue weighted by Crippen LogP contribution is -1.86. The highest BCUT2D eigenvalue weighted by Gasteiger charge is 2.05. The molecular weight excluding hydrogens is 318 g/mol. The third-order valence-electron chi connectivity index (χ3n) is 2.87. The van der Waals surface area contributed by atoms with Crippen LogP contribution in [0.2, 0.25) is 0 Å². The van der Waals surface area contributed by atoms with Gasteiger partial charge in [0.25, 0.3) is 0 Å². The number of nitrogens with zero attached hydrogens (tertiary/aromatic N) is 1. The van der Waals surface area contributed by atoms with E-state index in [9.17, 15) is 0 Å². The summed E-state index contributed by atoms with van der Waals surface area (Å²) in [7, 11) is 0. The van der Waals surface area contributed by atoms with Gasteiger partial charge in [-0.3, -0.25) is 0 Å². The van der Waals surface area contributed by atoms with Crippen molar-refractivity contribution in [2.75, 3.05) is 0 Å². The van der Waals surface area contributed by atoms with E-state index in [2.05, 4.69) is 57.7 Å². The molecule has 0 N–H and O–H groups in total.